The van der Waals surface area contributed by atoms with Crippen LogP contribution in [-0.4, -0.2) is 45.4 Å². The van der Waals surface area contributed by atoms with Crippen LogP contribution in [0.1, 0.15) is 29.3 Å². The Morgan fingerprint density at radius 3 is 2.58 bits per heavy atom. The van der Waals surface area contributed by atoms with Crippen LogP contribution in [-0.2, 0) is 11.2 Å². The van der Waals surface area contributed by atoms with Crippen LogP contribution in [0.15, 0.2) is 60.7 Å². The SMILES string of the molecule is CCOc1ccc2ccccc2c1C(=O)NCCCc1ccc(N2CCOCC2)cc1. The summed E-state index contributed by atoms with van der Waals surface area (Å²) in [6.45, 7) is 6.57. The van der Waals surface area contributed by atoms with Crippen molar-refractivity contribution in [2.45, 2.75) is 19.8 Å². The van der Waals surface area contributed by atoms with Gasteiger partial charge in [-0.2, -0.15) is 0 Å². The molecule has 3 aromatic carbocycles. The summed E-state index contributed by atoms with van der Waals surface area (Å²) < 4.78 is 11.2. The quantitative estimate of drug-likeness (QED) is 0.550. The van der Waals surface area contributed by atoms with Crippen molar-refractivity contribution in [1.29, 1.82) is 0 Å². The fourth-order valence-corrected chi connectivity index (χ4v) is 4.04. The Bertz CT molecular complexity index is 1010. The number of aryl methyl sites for hydroxylation is 1. The minimum absolute atomic E-state index is 0.0806. The Kier molecular flexibility index (Phi) is 7.05. The first-order valence-corrected chi connectivity index (χ1v) is 11.1. The first-order chi connectivity index (χ1) is 15.3. The summed E-state index contributed by atoms with van der Waals surface area (Å²) in [5.41, 5.74) is 3.15. The molecule has 0 aliphatic carbocycles. The molecule has 1 fully saturated rings. The maximum absolute atomic E-state index is 13.0. The number of carbonyl (C=O) groups excluding carboxylic acids is 1. The summed E-state index contributed by atoms with van der Waals surface area (Å²) in [6, 6.07) is 20.5. The van der Waals surface area contributed by atoms with E-state index in [9.17, 15) is 4.79 Å². The van der Waals surface area contributed by atoms with E-state index in [4.69, 9.17) is 9.47 Å². The lowest BCUT2D eigenvalue weighted by molar-refractivity contribution is 0.0951. The molecule has 5 nitrogen and oxygen atoms in total. The van der Waals surface area contributed by atoms with Crippen LogP contribution in [0.5, 0.6) is 5.75 Å². The van der Waals surface area contributed by atoms with Crippen LogP contribution in [0.2, 0.25) is 0 Å². The molecule has 1 heterocycles. The number of nitrogens with one attached hydrogen (secondary N) is 1. The highest BCUT2D eigenvalue weighted by molar-refractivity contribution is 6.09. The molecule has 3 aromatic rings. The van der Waals surface area contributed by atoms with Crippen molar-refractivity contribution in [3.63, 3.8) is 0 Å². The van der Waals surface area contributed by atoms with Crippen molar-refractivity contribution >= 4 is 22.4 Å². The summed E-state index contributed by atoms with van der Waals surface area (Å²) in [4.78, 5) is 15.3. The normalized spacial score (nSPS) is 13.9. The first-order valence-electron chi connectivity index (χ1n) is 11.1. The number of hydrogen-bond donors (Lipinski definition) is 1. The van der Waals surface area contributed by atoms with Crippen molar-refractivity contribution in [3.05, 3.63) is 71.8 Å². The third-order valence-corrected chi connectivity index (χ3v) is 5.66. The number of amides is 1. The smallest absolute Gasteiger partial charge is 0.255 e. The number of benzene rings is 3. The van der Waals surface area contributed by atoms with Crippen LogP contribution in [0, 0.1) is 0 Å². The molecule has 1 aliphatic heterocycles. The molecule has 31 heavy (non-hydrogen) atoms. The van der Waals surface area contributed by atoms with E-state index in [0.717, 1.165) is 49.9 Å². The van der Waals surface area contributed by atoms with Crippen molar-refractivity contribution in [1.82, 2.24) is 5.32 Å². The van der Waals surface area contributed by atoms with Gasteiger partial charge < -0.3 is 19.7 Å². The van der Waals surface area contributed by atoms with Crippen LogP contribution >= 0.6 is 0 Å². The molecular formula is C26H30N2O3. The molecule has 5 heteroatoms. The number of hydrogen-bond acceptors (Lipinski definition) is 4. The summed E-state index contributed by atoms with van der Waals surface area (Å²) in [5, 5.41) is 5.04. The lowest BCUT2D eigenvalue weighted by Crippen LogP contribution is -2.36. The van der Waals surface area contributed by atoms with Gasteiger partial charge in [0.25, 0.3) is 5.91 Å². The molecule has 1 N–H and O–H groups in total. The fourth-order valence-electron chi connectivity index (χ4n) is 4.04. The highest BCUT2D eigenvalue weighted by Crippen LogP contribution is 2.28. The van der Waals surface area contributed by atoms with Crippen LogP contribution in [0.3, 0.4) is 0 Å². The second-order valence-electron chi connectivity index (χ2n) is 7.72. The Labute approximate surface area is 184 Å². The minimum Gasteiger partial charge on any atom is -0.493 e. The van der Waals surface area contributed by atoms with Gasteiger partial charge in [-0.05, 0) is 54.3 Å². The van der Waals surface area contributed by atoms with Gasteiger partial charge in [-0.15, -0.1) is 0 Å². The number of rotatable bonds is 8. The van der Waals surface area contributed by atoms with Crippen LogP contribution in [0.4, 0.5) is 5.69 Å². The zero-order chi connectivity index (χ0) is 21.5. The maximum atomic E-state index is 13.0. The number of anilines is 1. The number of nitrogens with zero attached hydrogens (tertiary/aromatic N) is 1. The van der Waals surface area contributed by atoms with Gasteiger partial charge in [0.05, 0.1) is 25.4 Å². The predicted molar refractivity (Wildman–Crippen MR) is 125 cm³/mol. The van der Waals surface area contributed by atoms with E-state index >= 15 is 0 Å². The van der Waals surface area contributed by atoms with Gasteiger partial charge in [0, 0.05) is 25.3 Å². The number of carbonyl (C=O) groups is 1. The van der Waals surface area contributed by atoms with E-state index in [1.165, 1.54) is 11.3 Å². The molecule has 1 aliphatic rings. The molecule has 162 valence electrons. The predicted octanol–water partition coefficient (Wildman–Crippen LogP) is 4.44. The lowest BCUT2D eigenvalue weighted by Gasteiger charge is -2.28. The van der Waals surface area contributed by atoms with Crippen molar-refractivity contribution in [3.8, 4) is 5.75 Å². The van der Waals surface area contributed by atoms with Crippen LogP contribution < -0.4 is 15.0 Å². The summed E-state index contributed by atoms with van der Waals surface area (Å²) >= 11 is 0. The van der Waals surface area contributed by atoms with Gasteiger partial charge in [0.15, 0.2) is 0 Å². The Morgan fingerprint density at radius 2 is 1.81 bits per heavy atom. The summed E-state index contributed by atoms with van der Waals surface area (Å²) in [7, 11) is 0. The Balaban J connectivity index is 1.34. The van der Waals surface area contributed by atoms with E-state index in [0.29, 0.717) is 24.5 Å². The van der Waals surface area contributed by atoms with E-state index in [1.54, 1.807) is 0 Å². The van der Waals surface area contributed by atoms with Crippen molar-refractivity contribution < 1.29 is 14.3 Å². The molecule has 0 aromatic heterocycles. The molecule has 0 spiro atoms. The van der Waals surface area contributed by atoms with Crippen molar-refractivity contribution in [2.75, 3.05) is 44.4 Å². The first kappa shape index (κ1) is 21.2. The molecule has 4 rings (SSSR count). The highest BCUT2D eigenvalue weighted by Gasteiger charge is 2.16. The Morgan fingerprint density at radius 1 is 1.03 bits per heavy atom. The molecule has 1 amide bonds. The lowest BCUT2D eigenvalue weighted by atomic mass is 10.0. The van der Waals surface area contributed by atoms with E-state index < -0.39 is 0 Å². The van der Waals surface area contributed by atoms with Gasteiger partial charge in [-0.25, -0.2) is 0 Å². The van der Waals surface area contributed by atoms with E-state index in [1.807, 2.05) is 43.3 Å². The largest absolute Gasteiger partial charge is 0.493 e. The summed E-state index contributed by atoms with van der Waals surface area (Å²) in [5.74, 6) is 0.556. The van der Waals surface area contributed by atoms with Crippen LogP contribution in [0.25, 0.3) is 10.8 Å². The number of ether oxygens (including phenoxy) is 2. The average Bonchev–Trinajstić information content (AvgIpc) is 2.82. The third-order valence-electron chi connectivity index (χ3n) is 5.66. The maximum Gasteiger partial charge on any atom is 0.255 e. The molecule has 0 atom stereocenters. The average molecular weight is 419 g/mol. The summed E-state index contributed by atoms with van der Waals surface area (Å²) in [6.07, 6.45) is 1.81. The second kappa shape index (κ2) is 10.3. The van der Waals surface area contributed by atoms with Crippen molar-refractivity contribution in [2.24, 2.45) is 0 Å². The highest BCUT2D eigenvalue weighted by atomic mass is 16.5. The van der Waals surface area contributed by atoms with Gasteiger partial charge in [0.2, 0.25) is 0 Å². The minimum atomic E-state index is -0.0806. The fraction of sp³-hybridized carbons (Fsp3) is 0.346. The third kappa shape index (κ3) is 5.17. The van der Waals surface area contributed by atoms with Gasteiger partial charge >= 0.3 is 0 Å². The molecular weight excluding hydrogens is 388 g/mol. The number of morpholine rings is 1. The monoisotopic (exact) mass is 418 g/mol. The van der Waals surface area contributed by atoms with E-state index in [-0.39, 0.29) is 5.91 Å². The van der Waals surface area contributed by atoms with E-state index in [2.05, 4.69) is 34.5 Å². The molecule has 0 saturated carbocycles. The van der Waals surface area contributed by atoms with Gasteiger partial charge in [0.1, 0.15) is 5.75 Å². The topological polar surface area (TPSA) is 50.8 Å². The standard InChI is InChI=1S/C26H30N2O3/c1-2-31-24-14-11-21-7-3-4-8-23(21)25(24)26(29)27-15-5-6-20-9-12-22(13-10-20)28-16-18-30-19-17-28/h3-4,7-14H,2,5-6,15-19H2,1H3,(H,27,29). The molecule has 1 saturated heterocycles. The van der Waals surface area contributed by atoms with Gasteiger partial charge in [-0.3, -0.25) is 4.79 Å². The number of fused-ring (bicyclic) bond motifs is 1. The second-order valence-corrected chi connectivity index (χ2v) is 7.72. The molecule has 0 bridgehead atoms. The Hall–Kier alpha value is -3.05. The zero-order valence-electron chi connectivity index (χ0n) is 18.1. The molecule has 0 unspecified atom stereocenters. The van der Waals surface area contributed by atoms with Gasteiger partial charge in [-0.1, -0.05) is 42.5 Å². The molecule has 0 radical (unpaired) electrons. The zero-order valence-corrected chi connectivity index (χ0v) is 18.1.